The molecule has 3 heteroatoms. The molecule has 2 unspecified atom stereocenters. The van der Waals surface area contributed by atoms with Gasteiger partial charge >= 0.3 is 0 Å². The lowest BCUT2D eigenvalue weighted by molar-refractivity contribution is 0.220. The molecule has 1 heterocycles. The topological polar surface area (TPSA) is 32.5 Å². The van der Waals surface area contributed by atoms with Gasteiger partial charge < -0.3 is 10.6 Å². The maximum absolute atomic E-state index is 6.07. The number of benzene rings is 1. The highest BCUT2D eigenvalue weighted by molar-refractivity contribution is 5.26. The van der Waals surface area contributed by atoms with Gasteiger partial charge in [-0.15, -0.1) is 0 Å². The molecular weight excluding hydrogens is 258 g/mol. The van der Waals surface area contributed by atoms with Crippen molar-refractivity contribution in [3.63, 3.8) is 0 Å². The average Bonchev–Trinajstić information content (AvgIpc) is 2.91. The number of likely N-dealkylation sites (N-methyl/N-ethyl adjacent to an activating group) is 1. The first-order valence-electron chi connectivity index (χ1n) is 8.20. The summed E-state index contributed by atoms with van der Waals surface area (Å²) in [6.07, 6.45) is 2.40. The van der Waals surface area contributed by atoms with Crippen LogP contribution in [0.2, 0.25) is 0 Å². The minimum Gasteiger partial charge on any atom is -0.329 e. The molecule has 0 aliphatic carbocycles. The van der Waals surface area contributed by atoms with E-state index in [-0.39, 0.29) is 0 Å². The Balaban J connectivity index is 2.04. The van der Waals surface area contributed by atoms with Gasteiger partial charge in [-0.25, -0.2) is 0 Å². The molecule has 0 aromatic heterocycles. The first-order valence-corrected chi connectivity index (χ1v) is 8.20. The van der Waals surface area contributed by atoms with Gasteiger partial charge in [0.25, 0.3) is 0 Å². The summed E-state index contributed by atoms with van der Waals surface area (Å²) >= 11 is 0. The molecule has 1 fully saturated rings. The summed E-state index contributed by atoms with van der Waals surface area (Å²) in [6, 6.07) is 10.1. The smallest absolute Gasteiger partial charge is 0.0471 e. The van der Waals surface area contributed by atoms with Crippen molar-refractivity contribution >= 4 is 0 Å². The van der Waals surface area contributed by atoms with Crippen LogP contribution in [-0.4, -0.2) is 49.6 Å². The monoisotopic (exact) mass is 289 g/mol. The second kappa shape index (κ2) is 7.39. The first-order chi connectivity index (χ1) is 10.0. The van der Waals surface area contributed by atoms with Crippen LogP contribution in [0.4, 0.5) is 0 Å². The summed E-state index contributed by atoms with van der Waals surface area (Å²) in [5, 5.41) is 0. The summed E-state index contributed by atoms with van der Waals surface area (Å²) in [7, 11) is 4.35. The Morgan fingerprint density at radius 2 is 1.90 bits per heavy atom. The Morgan fingerprint density at radius 3 is 2.38 bits per heavy atom. The minimum atomic E-state index is 0.364. The quantitative estimate of drug-likeness (QED) is 0.873. The highest BCUT2D eigenvalue weighted by atomic mass is 15.2. The fourth-order valence-corrected chi connectivity index (χ4v) is 3.32. The average molecular weight is 289 g/mol. The zero-order chi connectivity index (χ0) is 15.4. The van der Waals surface area contributed by atoms with Gasteiger partial charge in [0.2, 0.25) is 0 Å². The van der Waals surface area contributed by atoms with Crippen LogP contribution in [0, 0.1) is 5.92 Å². The number of hydrogen-bond donors (Lipinski definition) is 1. The lowest BCUT2D eigenvalue weighted by atomic mass is 9.99. The highest BCUT2D eigenvalue weighted by Gasteiger charge is 2.29. The zero-order valence-corrected chi connectivity index (χ0v) is 14.0. The fourth-order valence-electron chi connectivity index (χ4n) is 3.32. The predicted octanol–water partition coefficient (Wildman–Crippen LogP) is 2.52. The van der Waals surface area contributed by atoms with E-state index in [2.05, 4.69) is 62.0 Å². The summed E-state index contributed by atoms with van der Waals surface area (Å²) in [6.45, 7) is 7.51. The van der Waals surface area contributed by atoms with Crippen molar-refractivity contribution in [2.45, 2.75) is 38.8 Å². The molecule has 0 radical (unpaired) electrons. The third-order valence-corrected chi connectivity index (χ3v) is 4.60. The Bertz CT molecular complexity index is 425. The van der Waals surface area contributed by atoms with E-state index in [1.807, 2.05) is 0 Å². The third-order valence-electron chi connectivity index (χ3n) is 4.60. The molecule has 2 atom stereocenters. The van der Waals surface area contributed by atoms with Crippen molar-refractivity contribution < 1.29 is 0 Å². The van der Waals surface area contributed by atoms with Crippen LogP contribution in [-0.2, 0) is 6.42 Å². The molecule has 1 aliphatic rings. The van der Waals surface area contributed by atoms with E-state index in [1.165, 1.54) is 17.5 Å². The molecule has 1 aliphatic heterocycles. The Labute approximate surface area is 130 Å². The van der Waals surface area contributed by atoms with Crippen molar-refractivity contribution in [2.75, 3.05) is 33.7 Å². The highest BCUT2D eigenvalue weighted by Crippen LogP contribution is 2.26. The van der Waals surface area contributed by atoms with Gasteiger partial charge in [0.05, 0.1) is 0 Å². The van der Waals surface area contributed by atoms with Crippen molar-refractivity contribution in [1.29, 1.82) is 0 Å². The van der Waals surface area contributed by atoms with Crippen molar-refractivity contribution in [3.8, 4) is 0 Å². The Kier molecular flexibility index (Phi) is 5.80. The second-order valence-electron chi connectivity index (χ2n) is 6.99. The van der Waals surface area contributed by atoms with Crippen LogP contribution >= 0.6 is 0 Å². The van der Waals surface area contributed by atoms with E-state index >= 15 is 0 Å². The molecule has 2 N–H and O–H groups in total. The van der Waals surface area contributed by atoms with Crippen molar-refractivity contribution in [1.82, 2.24) is 9.80 Å². The largest absolute Gasteiger partial charge is 0.329 e. The predicted molar refractivity (Wildman–Crippen MR) is 90.4 cm³/mol. The molecule has 0 amide bonds. The van der Waals surface area contributed by atoms with Crippen LogP contribution in [0.5, 0.6) is 0 Å². The van der Waals surface area contributed by atoms with Crippen molar-refractivity contribution in [2.24, 2.45) is 11.7 Å². The molecule has 21 heavy (non-hydrogen) atoms. The second-order valence-corrected chi connectivity index (χ2v) is 6.99. The number of rotatable bonds is 6. The normalized spacial score (nSPS) is 21.4. The van der Waals surface area contributed by atoms with E-state index in [1.54, 1.807) is 0 Å². The molecule has 1 aromatic rings. The van der Waals surface area contributed by atoms with Gasteiger partial charge in [0.15, 0.2) is 0 Å². The molecule has 2 rings (SSSR count). The number of nitrogens with two attached hydrogens (primary N) is 1. The SMILES string of the molecule is CC(C)Cc1ccc(C(CN)N2CCC(N(C)C)C2)cc1. The molecule has 1 saturated heterocycles. The summed E-state index contributed by atoms with van der Waals surface area (Å²) < 4.78 is 0. The summed E-state index contributed by atoms with van der Waals surface area (Å²) in [5.41, 5.74) is 8.86. The van der Waals surface area contributed by atoms with Crippen LogP contribution in [0.3, 0.4) is 0 Å². The molecule has 0 spiro atoms. The third kappa shape index (κ3) is 4.29. The van der Waals surface area contributed by atoms with Crippen LogP contribution in [0.15, 0.2) is 24.3 Å². The Morgan fingerprint density at radius 1 is 1.24 bits per heavy atom. The zero-order valence-electron chi connectivity index (χ0n) is 14.0. The minimum absolute atomic E-state index is 0.364. The lowest BCUT2D eigenvalue weighted by Crippen LogP contribution is -2.36. The van der Waals surface area contributed by atoms with E-state index < -0.39 is 0 Å². The Hall–Kier alpha value is -0.900. The first kappa shape index (κ1) is 16.5. The molecule has 118 valence electrons. The van der Waals surface area contributed by atoms with E-state index in [4.69, 9.17) is 5.73 Å². The van der Waals surface area contributed by atoms with Gasteiger partial charge in [0.1, 0.15) is 0 Å². The maximum atomic E-state index is 6.07. The number of nitrogens with zero attached hydrogens (tertiary/aromatic N) is 2. The van der Waals surface area contributed by atoms with E-state index in [9.17, 15) is 0 Å². The lowest BCUT2D eigenvalue weighted by Gasteiger charge is -2.28. The van der Waals surface area contributed by atoms with Crippen LogP contribution in [0.1, 0.15) is 37.4 Å². The fraction of sp³-hybridized carbons (Fsp3) is 0.667. The van der Waals surface area contributed by atoms with Crippen molar-refractivity contribution in [3.05, 3.63) is 35.4 Å². The van der Waals surface area contributed by atoms with Gasteiger partial charge in [-0.2, -0.15) is 0 Å². The maximum Gasteiger partial charge on any atom is 0.0471 e. The van der Waals surface area contributed by atoms with E-state index in [0.717, 1.165) is 19.5 Å². The molecule has 0 saturated carbocycles. The number of likely N-dealkylation sites (tertiary alicyclic amines) is 1. The van der Waals surface area contributed by atoms with E-state index in [0.29, 0.717) is 24.5 Å². The summed E-state index contributed by atoms with van der Waals surface area (Å²) in [5.74, 6) is 0.709. The van der Waals surface area contributed by atoms with Gasteiger partial charge in [0, 0.05) is 31.7 Å². The molecular formula is C18H31N3. The van der Waals surface area contributed by atoms with Gasteiger partial charge in [-0.1, -0.05) is 38.1 Å². The van der Waals surface area contributed by atoms with Crippen LogP contribution in [0.25, 0.3) is 0 Å². The molecule has 0 bridgehead atoms. The molecule has 1 aromatic carbocycles. The number of hydrogen-bond acceptors (Lipinski definition) is 3. The van der Waals surface area contributed by atoms with Crippen LogP contribution < -0.4 is 5.73 Å². The molecule has 3 nitrogen and oxygen atoms in total. The van der Waals surface area contributed by atoms with Gasteiger partial charge in [-0.3, -0.25) is 4.90 Å². The summed E-state index contributed by atoms with van der Waals surface area (Å²) in [4.78, 5) is 4.88. The van der Waals surface area contributed by atoms with Gasteiger partial charge in [-0.05, 0) is 44.0 Å². The standard InChI is InChI=1S/C18H31N3/c1-14(2)11-15-5-7-16(8-6-15)18(12-19)21-10-9-17(13-21)20(3)4/h5-8,14,17-18H,9-13,19H2,1-4H3.